The van der Waals surface area contributed by atoms with Gasteiger partial charge in [-0.1, -0.05) is 0 Å². The van der Waals surface area contributed by atoms with Crippen molar-refractivity contribution in [2.75, 3.05) is 11.1 Å². The third-order valence-electron chi connectivity index (χ3n) is 4.14. The third-order valence-corrected chi connectivity index (χ3v) is 4.14. The Morgan fingerprint density at radius 2 is 1.70 bits per heavy atom. The van der Waals surface area contributed by atoms with Crippen molar-refractivity contribution in [2.24, 2.45) is 0 Å². The van der Waals surface area contributed by atoms with Crippen LogP contribution in [0.5, 0.6) is 0 Å². The normalized spacial score (nSPS) is 10.6. The maximum atomic E-state index is 13.0. The molecule has 0 unspecified atom stereocenters. The van der Waals surface area contributed by atoms with Gasteiger partial charge in [0, 0.05) is 23.8 Å². The van der Waals surface area contributed by atoms with Gasteiger partial charge in [-0.15, -0.1) is 0 Å². The molecule has 0 saturated carbocycles. The summed E-state index contributed by atoms with van der Waals surface area (Å²) in [6, 6.07) is 16.5. The van der Waals surface area contributed by atoms with Crippen molar-refractivity contribution < 1.29 is 13.9 Å². The molecule has 2 aromatic heterocycles. The average molecular weight is 404 g/mol. The largest absolute Gasteiger partial charge is 0.454 e. The molecule has 2 heterocycles. The van der Waals surface area contributed by atoms with Crippen LogP contribution in [0, 0.1) is 5.82 Å². The van der Waals surface area contributed by atoms with E-state index in [9.17, 15) is 9.18 Å². The molecule has 0 radical (unpaired) electrons. The van der Waals surface area contributed by atoms with Crippen LogP contribution >= 0.6 is 0 Å². The Balaban J connectivity index is 1.41. The molecule has 30 heavy (non-hydrogen) atoms. The Morgan fingerprint density at radius 1 is 1.00 bits per heavy atom. The molecule has 0 bridgehead atoms. The monoisotopic (exact) mass is 404 g/mol. The highest BCUT2D eigenvalue weighted by molar-refractivity contribution is 5.89. The van der Waals surface area contributed by atoms with E-state index in [1.54, 1.807) is 12.1 Å². The summed E-state index contributed by atoms with van der Waals surface area (Å²) >= 11 is 0. The number of hydrogen-bond acceptors (Lipinski definition) is 7. The summed E-state index contributed by atoms with van der Waals surface area (Å²) in [5, 5.41) is 2.90. The van der Waals surface area contributed by atoms with E-state index in [1.807, 2.05) is 41.2 Å². The van der Waals surface area contributed by atoms with Crippen LogP contribution in [-0.2, 0) is 11.3 Å². The number of halogens is 1. The Bertz CT molecular complexity index is 1150. The maximum absolute atomic E-state index is 13.0. The van der Waals surface area contributed by atoms with Crippen LogP contribution in [0.3, 0.4) is 0 Å². The third kappa shape index (κ3) is 4.58. The fourth-order valence-corrected chi connectivity index (χ4v) is 2.71. The van der Waals surface area contributed by atoms with E-state index in [0.717, 1.165) is 5.69 Å². The molecule has 150 valence electrons. The van der Waals surface area contributed by atoms with Crippen LogP contribution in [0.2, 0.25) is 0 Å². The molecular formula is C21H17FN6O2. The first-order valence-corrected chi connectivity index (χ1v) is 9.00. The number of ether oxygens (including phenoxy) is 1. The molecule has 0 atom stereocenters. The lowest BCUT2D eigenvalue weighted by atomic mass is 10.2. The summed E-state index contributed by atoms with van der Waals surface area (Å²) in [6.07, 6.45) is 3.83. The van der Waals surface area contributed by atoms with Crippen LogP contribution in [-0.4, -0.2) is 25.5 Å². The number of nitrogens with two attached hydrogens (primary N) is 1. The van der Waals surface area contributed by atoms with Gasteiger partial charge in [0.2, 0.25) is 11.9 Å². The number of nitrogens with one attached hydrogen (secondary N) is 1. The second kappa shape index (κ2) is 8.39. The van der Waals surface area contributed by atoms with Gasteiger partial charge in [0.05, 0.1) is 5.56 Å². The summed E-state index contributed by atoms with van der Waals surface area (Å²) in [4.78, 5) is 24.5. The van der Waals surface area contributed by atoms with Crippen molar-refractivity contribution in [1.82, 2.24) is 19.5 Å². The van der Waals surface area contributed by atoms with Gasteiger partial charge < -0.3 is 20.4 Å². The Kier molecular flexibility index (Phi) is 5.33. The summed E-state index contributed by atoms with van der Waals surface area (Å²) < 4.78 is 20.2. The number of nitrogens with zero attached hydrogens (tertiary/aromatic N) is 4. The first-order valence-electron chi connectivity index (χ1n) is 9.00. The molecule has 4 rings (SSSR count). The SMILES string of the molecule is Nc1nc(COC(=O)c2ccc(-n3cccc3)cc2)nc(Nc2ccc(F)cc2)n1. The zero-order valence-corrected chi connectivity index (χ0v) is 15.7. The van der Waals surface area contributed by atoms with Crippen LogP contribution in [0.15, 0.2) is 73.1 Å². The predicted molar refractivity (Wildman–Crippen MR) is 109 cm³/mol. The lowest BCUT2D eigenvalue weighted by Crippen LogP contribution is -2.11. The first kappa shape index (κ1) is 19.1. The molecule has 0 aliphatic carbocycles. The van der Waals surface area contributed by atoms with Gasteiger partial charge >= 0.3 is 5.97 Å². The van der Waals surface area contributed by atoms with E-state index in [1.165, 1.54) is 24.3 Å². The standard InChI is InChI=1S/C21H17FN6O2/c22-15-5-7-16(8-6-15)24-21-26-18(25-20(23)27-21)13-30-19(29)14-3-9-17(10-4-14)28-11-1-2-12-28/h1-12H,13H2,(H3,23,24,25,26,27). The number of carbonyl (C=O) groups is 1. The minimum Gasteiger partial charge on any atom is -0.454 e. The average Bonchev–Trinajstić information content (AvgIpc) is 3.28. The van der Waals surface area contributed by atoms with Gasteiger partial charge in [-0.3, -0.25) is 0 Å². The first-order chi connectivity index (χ1) is 14.6. The molecule has 0 amide bonds. The number of aromatic nitrogens is 4. The highest BCUT2D eigenvalue weighted by atomic mass is 19.1. The van der Waals surface area contributed by atoms with Gasteiger partial charge in [0.1, 0.15) is 5.82 Å². The van der Waals surface area contributed by atoms with Gasteiger partial charge in [0.25, 0.3) is 0 Å². The fraction of sp³-hybridized carbons (Fsp3) is 0.0476. The lowest BCUT2D eigenvalue weighted by Gasteiger charge is -2.08. The van der Waals surface area contributed by atoms with Crippen LogP contribution in [0.4, 0.5) is 22.0 Å². The summed E-state index contributed by atoms with van der Waals surface area (Å²) in [6.45, 7) is -0.178. The number of benzene rings is 2. The zero-order valence-electron chi connectivity index (χ0n) is 15.7. The predicted octanol–water partition coefficient (Wildman–Crippen LogP) is 3.48. The van der Waals surface area contributed by atoms with Crippen molar-refractivity contribution >= 4 is 23.6 Å². The smallest absolute Gasteiger partial charge is 0.338 e. The van der Waals surface area contributed by atoms with Crippen molar-refractivity contribution in [1.29, 1.82) is 0 Å². The zero-order chi connectivity index (χ0) is 20.9. The van der Waals surface area contributed by atoms with Gasteiger partial charge in [-0.25, -0.2) is 9.18 Å². The van der Waals surface area contributed by atoms with E-state index in [-0.39, 0.29) is 30.1 Å². The van der Waals surface area contributed by atoms with Crippen molar-refractivity contribution in [3.63, 3.8) is 0 Å². The molecular weight excluding hydrogens is 387 g/mol. The van der Waals surface area contributed by atoms with Crippen molar-refractivity contribution in [3.05, 3.63) is 90.3 Å². The van der Waals surface area contributed by atoms with Crippen LogP contribution in [0.25, 0.3) is 5.69 Å². The van der Waals surface area contributed by atoms with Crippen molar-refractivity contribution in [3.8, 4) is 5.69 Å². The molecule has 0 aliphatic heterocycles. The fourth-order valence-electron chi connectivity index (χ4n) is 2.71. The van der Waals surface area contributed by atoms with E-state index in [0.29, 0.717) is 11.3 Å². The molecule has 0 fully saturated rings. The Labute approximate surface area is 171 Å². The van der Waals surface area contributed by atoms with Gasteiger partial charge in [-0.2, -0.15) is 15.0 Å². The number of rotatable bonds is 6. The lowest BCUT2D eigenvalue weighted by molar-refractivity contribution is 0.0462. The number of anilines is 3. The van der Waals surface area contributed by atoms with E-state index >= 15 is 0 Å². The molecule has 2 aromatic carbocycles. The number of carbonyl (C=O) groups excluding carboxylic acids is 1. The van der Waals surface area contributed by atoms with E-state index in [2.05, 4.69) is 20.3 Å². The molecule has 9 heteroatoms. The maximum Gasteiger partial charge on any atom is 0.338 e. The number of hydrogen-bond donors (Lipinski definition) is 2. The molecule has 0 saturated heterocycles. The molecule has 4 aromatic rings. The molecule has 0 spiro atoms. The number of esters is 1. The molecule has 0 aliphatic rings. The van der Waals surface area contributed by atoms with Gasteiger partial charge in [0.15, 0.2) is 12.4 Å². The minimum atomic E-state index is -0.513. The van der Waals surface area contributed by atoms with Crippen molar-refractivity contribution in [2.45, 2.75) is 6.61 Å². The highest BCUT2D eigenvalue weighted by Crippen LogP contribution is 2.15. The minimum absolute atomic E-state index is 0.0308. The second-order valence-corrected chi connectivity index (χ2v) is 6.28. The molecule has 3 N–H and O–H groups in total. The summed E-state index contributed by atoms with van der Waals surface area (Å²) in [7, 11) is 0. The summed E-state index contributed by atoms with van der Waals surface area (Å²) in [5.41, 5.74) is 7.62. The number of nitrogen functional groups attached to an aromatic ring is 1. The summed E-state index contributed by atoms with van der Waals surface area (Å²) in [5.74, 6) is -0.553. The highest BCUT2D eigenvalue weighted by Gasteiger charge is 2.11. The molecule has 8 nitrogen and oxygen atoms in total. The van der Waals surface area contributed by atoms with E-state index < -0.39 is 5.97 Å². The Hall–Kier alpha value is -4.27. The second-order valence-electron chi connectivity index (χ2n) is 6.28. The van der Waals surface area contributed by atoms with Gasteiger partial charge in [-0.05, 0) is 60.7 Å². The van der Waals surface area contributed by atoms with E-state index in [4.69, 9.17) is 10.5 Å². The van der Waals surface area contributed by atoms with Crippen LogP contribution < -0.4 is 11.1 Å². The Morgan fingerprint density at radius 3 is 2.40 bits per heavy atom. The van der Waals surface area contributed by atoms with Crippen LogP contribution in [0.1, 0.15) is 16.2 Å². The topological polar surface area (TPSA) is 108 Å². The quantitative estimate of drug-likeness (QED) is 0.474.